The molecule has 8 nitrogen and oxygen atoms in total. The van der Waals surface area contributed by atoms with Gasteiger partial charge < -0.3 is 26.2 Å². The number of nitrogens with one attached hydrogen (secondary N) is 1. The molecule has 2 fully saturated rings. The van der Waals surface area contributed by atoms with Crippen molar-refractivity contribution in [3.05, 3.63) is 65.1 Å². The summed E-state index contributed by atoms with van der Waals surface area (Å²) in [5.74, 6) is -0.0227. The highest BCUT2D eigenvalue weighted by Gasteiger charge is 2.56. The Morgan fingerprint density at radius 2 is 1.94 bits per heavy atom. The maximum Gasteiger partial charge on any atom is 0.272 e. The van der Waals surface area contributed by atoms with Gasteiger partial charge in [0.25, 0.3) is 11.8 Å². The summed E-state index contributed by atoms with van der Waals surface area (Å²) in [5.41, 5.74) is 5.54. The minimum atomic E-state index is -1.19. The molecule has 5 rings (SSSR count). The number of thiophene rings is 1. The molecule has 188 valence electrons. The quantitative estimate of drug-likeness (QED) is 0.386. The molecule has 5 N–H and O–H groups in total. The van der Waals surface area contributed by atoms with Crippen molar-refractivity contribution in [3.63, 3.8) is 0 Å². The van der Waals surface area contributed by atoms with E-state index in [1.54, 1.807) is 49.1 Å². The van der Waals surface area contributed by atoms with E-state index in [-0.39, 0.29) is 29.3 Å². The Kier molecular flexibility index (Phi) is 6.06. The van der Waals surface area contributed by atoms with Gasteiger partial charge in [-0.15, -0.1) is 11.3 Å². The summed E-state index contributed by atoms with van der Waals surface area (Å²) in [5, 5.41) is 22.9. The number of aromatic nitrogens is 1. The molecular formula is C26H27FN4O4S. The van der Waals surface area contributed by atoms with Crippen LogP contribution in [0.5, 0.6) is 0 Å². The van der Waals surface area contributed by atoms with Crippen LogP contribution >= 0.6 is 11.3 Å². The van der Waals surface area contributed by atoms with Crippen LogP contribution in [0.2, 0.25) is 0 Å². The van der Waals surface area contributed by atoms with Crippen molar-refractivity contribution in [1.29, 1.82) is 0 Å². The van der Waals surface area contributed by atoms with Gasteiger partial charge in [-0.05, 0) is 61.4 Å². The first-order valence-corrected chi connectivity index (χ1v) is 12.5. The number of pyridine rings is 1. The second-order valence-electron chi connectivity index (χ2n) is 9.89. The Hall–Kier alpha value is -3.34. The van der Waals surface area contributed by atoms with E-state index in [0.717, 1.165) is 11.3 Å². The fourth-order valence-electron chi connectivity index (χ4n) is 4.88. The van der Waals surface area contributed by atoms with E-state index in [4.69, 9.17) is 5.73 Å². The molecule has 10 heteroatoms. The summed E-state index contributed by atoms with van der Waals surface area (Å²) in [6, 6.07) is 11.0. The molecule has 2 aromatic heterocycles. The number of primary amides is 1. The Balaban J connectivity index is 1.38. The minimum Gasteiger partial charge on any atom is -0.396 e. The van der Waals surface area contributed by atoms with E-state index in [1.807, 2.05) is 0 Å². The third-order valence-electron chi connectivity index (χ3n) is 7.02. The Morgan fingerprint density at radius 3 is 2.56 bits per heavy atom. The van der Waals surface area contributed by atoms with Crippen LogP contribution in [0.3, 0.4) is 0 Å². The normalized spacial score (nSPS) is 20.8. The van der Waals surface area contributed by atoms with E-state index >= 15 is 0 Å². The molecule has 0 spiro atoms. The zero-order chi connectivity index (χ0) is 25.8. The predicted molar refractivity (Wildman–Crippen MR) is 134 cm³/mol. The number of nitrogens with two attached hydrogens (primary N) is 1. The first-order chi connectivity index (χ1) is 17.1. The van der Waals surface area contributed by atoms with E-state index in [1.165, 1.54) is 12.1 Å². The van der Waals surface area contributed by atoms with Crippen molar-refractivity contribution < 1.29 is 24.2 Å². The van der Waals surface area contributed by atoms with E-state index in [9.17, 15) is 24.2 Å². The number of carbonyl (C=O) groups excluding carboxylic acids is 2. The lowest BCUT2D eigenvalue weighted by Crippen LogP contribution is -2.32. The number of hydrogen-bond donors (Lipinski definition) is 4. The number of rotatable bonds is 7. The molecule has 3 aromatic rings. The van der Waals surface area contributed by atoms with Gasteiger partial charge in [0.1, 0.15) is 22.3 Å². The molecule has 0 bridgehead atoms. The molecule has 1 saturated heterocycles. The number of halogens is 1. The monoisotopic (exact) mass is 510 g/mol. The summed E-state index contributed by atoms with van der Waals surface area (Å²) in [4.78, 5) is 31.7. The number of aliphatic hydroxyl groups excluding tert-OH is 1. The summed E-state index contributed by atoms with van der Waals surface area (Å²) in [7, 11) is 0. The maximum absolute atomic E-state index is 14.9. The van der Waals surface area contributed by atoms with Crippen LogP contribution < -0.4 is 11.1 Å². The van der Waals surface area contributed by atoms with Crippen molar-refractivity contribution >= 4 is 34.0 Å². The number of aliphatic hydroxyl groups is 2. The highest BCUT2D eigenvalue weighted by atomic mass is 32.1. The molecule has 2 amide bonds. The van der Waals surface area contributed by atoms with Gasteiger partial charge in [-0.3, -0.25) is 9.59 Å². The smallest absolute Gasteiger partial charge is 0.272 e. The molecule has 1 saturated carbocycles. The van der Waals surface area contributed by atoms with Crippen LogP contribution in [0.15, 0.2) is 42.5 Å². The van der Waals surface area contributed by atoms with E-state index < -0.39 is 17.3 Å². The zero-order valence-corrected chi connectivity index (χ0v) is 20.7. The lowest BCUT2D eigenvalue weighted by atomic mass is 9.96. The van der Waals surface area contributed by atoms with Crippen LogP contribution in [0.1, 0.15) is 40.3 Å². The number of carbonyl (C=O) groups is 2. The number of likely N-dealkylation sites (tertiary alicyclic amines) is 1. The van der Waals surface area contributed by atoms with Crippen LogP contribution in [0.25, 0.3) is 10.4 Å². The van der Waals surface area contributed by atoms with Gasteiger partial charge in [0, 0.05) is 30.1 Å². The van der Waals surface area contributed by atoms with Gasteiger partial charge >= 0.3 is 0 Å². The van der Waals surface area contributed by atoms with Gasteiger partial charge in [-0.1, -0.05) is 18.2 Å². The topological polar surface area (TPSA) is 129 Å². The van der Waals surface area contributed by atoms with Crippen LogP contribution in [0, 0.1) is 23.6 Å². The highest BCUT2D eigenvalue weighted by Crippen LogP contribution is 2.51. The van der Waals surface area contributed by atoms with Gasteiger partial charge in [0.2, 0.25) is 0 Å². The fraction of sp³-hybridized carbons (Fsp3) is 0.346. The number of anilines is 2. The first kappa shape index (κ1) is 24.4. The number of hydrogen-bond acceptors (Lipinski definition) is 7. The molecule has 1 aliphatic heterocycles. The van der Waals surface area contributed by atoms with Crippen molar-refractivity contribution in [2.24, 2.45) is 23.5 Å². The van der Waals surface area contributed by atoms with Crippen LogP contribution in [0.4, 0.5) is 15.2 Å². The number of fused-ring (bicyclic) bond motifs is 1. The summed E-state index contributed by atoms with van der Waals surface area (Å²) in [6.07, 6.45) is 0. The molecule has 1 aromatic carbocycles. The average Bonchev–Trinajstić information content (AvgIpc) is 3.13. The van der Waals surface area contributed by atoms with Crippen molar-refractivity contribution in [1.82, 2.24) is 9.88 Å². The summed E-state index contributed by atoms with van der Waals surface area (Å²) < 4.78 is 14.9. The van der Waals surface area contributed by atoms with Gasteiger partial charge in [0.15, 0.2) is 0 Å². The third-order valence-corrected chi connectivity index (χ3v) is 8.10. The number of benzene rings is 1. The largest absolute Gasteiger partial charge is 0.396 e. The lowest BCUT2D eigenvalue weighted by molar-refractivity contribution is 0.0753. The first-order valence-electron chi connectivity index (χ1n) is 11.7. The van der Waals surface area contributed by atoms with Gasteiger partial charge in [-0.2, -0.15) is 0 Å². The second kappa shape index (κ2) is 8.95. The van der Waals surface area contributed by atoms with Crippen LogP contribution in [-0.4, -0.2) is 51.6 Å². The standard InChI is InChI=1S/C26H27FN4O4S/c1-26(2,35)13-6-7-14(19(27)8-13)21-9-15(23(28)33)24(36-21)30-22-5-3-4-20(29-22)25(34)31-10-16-17(11-31)18(16)12-32/h3-9,16-18,32,35H,10-12H2,1-2H3,(H2,28,33)(H,29,30). The van der Waals surface area contributed by atoms with Gasteiger partial charge in [-0.25, -0.2) is 9.37 Å². The van der Waals surface area contributed by atoms with E-state index in [0.29, 0.717) is 52.1 Å². The maximum atomic E-state index is 14.9. The molecule has 36 heavy (non-hydrogen) atoms. The summed E-state index contributed by atoms with van der Waals surface area (Å²) >= 11 is 1.14. The van der Waals surface area contributed by atoms with Crippen molar-refractivity contribution in [2.75, 3.05) is 25.0 Å². The number of piperidine rings is 1. The van der Waals surface area contributed by atoms with Crippen molar-refractivity contribution in [2.45, 2.75) is 19.4 Å². The third kappa shape index (κ3) is 4.47. The predicted octanol–water partition coefficient (Wildman–Crippen LogP) is 3.33. The lowest BCUT2D eigenvalue weighted by Gasteiger charge is -2.19. The van der Waals surface area contributed by atoms with E-state index in [2.05, 4.69) is 10.3 Å². The molecule has 3 heterocycles. The number of nitrogens with zero attached hydrogens (tertiary/aromatic N) is 2. The summed E-state index contributed by atoms with van der Waals surface area (Å²) in [6.45, 7) is 4.54. The SMILES string of the molecule is CC(C)(O)c1ccc(-c2cc(C(N)=O)c(Nc3cccc(C(=O)N4CC5C(CO)C5C4)n3)s2)c(F)c1. The number of amides is 2. The molecule has 2 atom stereocenters. The Labute approximate surface area is 211 Å². The fourth-order valence-corrected chi connectivity index (χ4v) is 5.98. The molecule has 2 unspecified atom stereocenters. The van der Waals surface area contributed by atoms with Gasteiger partial charge in [0.05, 0.1) is 11.2 Å². The highest BCUT2D eigenvalue weighted by molar-refractivity contribution is 7.20. The van der Waals surface area contributed by atoms with Crippen LogP contribution in [-0.2, 0) is 5.60 Å². The molecule has 0 radical (unpaired) electrons. The zero-order valence-electron chi connectivity index (χ0n) is 19.9. The molecular weight excluding hydrogens is 483 g/mol. The second-order valence-corrected chi connectivity index (χ2v) is 10.9. The van der Waals surface area contributed by atoms with Crippen molar-refractivity contribution in [3.8, 4) is 10.4 Å². The Morgan fingerprint density at radius 1 is 1.22 bits per heavy atom. The Bertz CT molecular complexity index is 1340. The molecule has 1 aliphatic carbocycles. The molecule has 2 aliphatic rings. The average molecular weight is 511 g/mol. The minimum absolute atomic E-state index is 0.160.